The minimum absolute atomic E-state index is 0.743. The molecule has 0 unspecified atom stereocenters. The van der Waals surface area contributed by atoms with E-state index >= 15 is 0 Å². The number of rotatable bonds is 7. The van der Waals surface area contributed by atoms with Crippen molar-refractivity contribution in [3.05, 3.63) is 43.0 Å². The molecule has 1 aromatic carbocycles. The quantitative estimate of drug-likeness (QED) is 0.475. The van der Waals surface area contributed by atoms with Gasteiger partial charge in [0.05, 0.1) is 25.2 Å². The summed E-state index contributed by atoms with van der Waals surface area (Å²) in [5, 5.41) is 11.7. The van der Waals surface area contributed by atoms with Gasteiger partial charge >= 0.3 is 0 Å². The number of anilines is 1. The maximum Gasteiger partial charge on any atom is 0.243 e. The van der Waals surface area contributed by atoms with Gasteiger partial charge in [-0.25, -0.2) is 13.5 Å². The number of hydrogen-bond acceptors (Lipinski definition) is 5. The summed E-state index contributed by atoms with van der Waals surface area (Å²) in [5.41, 5.74) is 2.09. The van der Waals surface area contributed by atoms with Crippen LogP contribution >= 0.6 is 11.9 Å². The van der Waals surface area contributed by atoms with Crippen molar-refractivity contribution in [1.29, 1.82) is 0 Å². The highest BCUT2D eigenvalue weighted by Gasteiger charge is 2.09. The molecule has 2 aromatic rings. The Balaban J connectivity index is 1.57. The molecule has 7 nitrogen and oxygen atoms in total. The number of imidazole rings is 1. The van der Waals surface area contributed by atoms with Gasteiger partial charge in [0.25, 0.3) is 0 Å². The van der Waals surface area contributed by atoms with E-state index in [1.165, 1.54) is 5.69 Å². The van der Waals surface area contributed by atoms with Crippen LogP contribution < -0.4 is 14.8 Å². The third kappa shape index (κ3) is 4.48. The van der Waals surface area contributed by atoms with Gasteiger partial charge in [-0.1, -0.05) is 5.22 Å². The molecule has 8 heteroatoms. The molecule has 0 saturated carbocycles. The number of aromatic nitrogens is 2. The fourth-order valence-corrected chi connectivity index (χ4v) is 3.14. The lowest BCUT2D eigenvalue weighted by Gasteiger charge is -2.22. The zero-order valence-corrected chi connectivity index (χ0v) is 15.0. The highest BCUT2D eigenvalue weighted by Crippen LogP contribution is 2.22. The van der Waals surface area contributed by atoms with Crippen molar-refractivity contribution in [1.82, 2.24) is 14.3 Å². The monoisotopic (exact) mass is 346 g/mol. The third-order valence-corrected chi connectivity index (χ3v) is 4.70. The Hall–Kier alpha value is -2.06. The zero-order valence-electron chi connectivity index (χ0n) is 14.2. The van der Waals surface area contributed by atoms with E-state index in [0.29, 0.717) is 0 Å². The molecule has 1 aromatic heterocycles. The largest absolute Gasteiger partial charge is 0.368 e. The van der Waals surface area contributed by atoms with Crippen molar-refractivity contribution in [3.63, 3.8) is 0 Å². The van der Waals surface area contributed by atoms with Crippen LogP contribution in [-0.4, -0.2) is 34.6 Å². The maximum atomic E-state index is 4.28. The number of hydrogen-bond donors (Lipinski definition) is 1. The normalized spacial score (nSPS) is 14.7. The number of nitrogens with one attached hydrogen (secondary N) is 1. The molecule has 0 bridgehead atoms. The smallest absolute Gasteiger partial charge is 0.243 e. The van der Waals surface area contributed by atoms with E-state index in [4.69, 9.17) is 0 Å². The third-order valence-electron chi connectivity index (χ3n) is 3.87. The fraction of sp³-hybridized carbons (Fsp3) is 0.438. The summed E-state index contributed by atoms with van der Waals surface area (Å²) in [4.78, 5) is 2.36. The maximum absolute atomic E-state index is 4.28. The van der Waals surface area contributed by atoms with Gasteiger partial charge in [-0.2, -0.15) is 0 Å². The van der Waals surface area contributed by atoms with Crippen molar-refractivity contribution in [2.45, 2.75) is 13.5 Å². The van der Waals surface area contributed by atoms with Gasteiger partial charge in [0, 0.05) is 12.2 Å². The van der Waals surface area contributed by atoms with E-state index in [1.54, 1.807) is 11.9 Å². The number of nitrogens with zero attached hydrogens (tertiary/aromatic N) is 6. The topological polar surface area (TPSA) is 52.0 Å². The van der Waals surface area contributed by atoms with Crippen molar-refractivity contribution in [2.75, 3.05) is 30.5 Å². The van der Waals surface area contributed by atoms with Crippen LogP contribution in [-0.2, 0) is 13.6 Å². The molecule has 0 atom stereocenters. The van der Waals surface area contributed by atoms with Crippen LogP contribution in [0.5, 0.6) is 0 Å². The Labute approximate surface area is 147 Å². The molecule has 24 heavy (non-hydrogen) atoms. The highest BCUT2D eigenvalue weighted by atomic mass is 32.2. The lowest BCUT2D eigenvalue weighted by molar-refractivity contribution is -0.671. The van der Waals surface area contributed by atoms with Gasteiger partial charge in [0.1, 0.15) is 25.6 Å². The Kier molecular flexibility index (Phi) is 5.71. The van der Waals surface area contributed by atoms with E-state index < -0.39 is 0 Å². The first kappa shape index (κ1) is 16.8. The van der Waals surface area contributed by atoms with Gasteiger partial charge in [0.15, 0.2) is 0 Å². The van der Waals surface area contributed by atoms with Crippen LogP contribution in [0.25, 0.3) is 0 Å². The lowest BCUT2D eigenvalue weighted by atomic mass is 10.2. The SMILES string of the molecule is CCN(CCn1cc[n+](C)c1)c1ccc(N=NN2CNCS2)cc1. The second-order valence-electron chi connectivity index (χ2n) is 5.64. The van der Waals surface area contributed by atoms with Crippen molar-refractivity contribution < 1.29 is 4.57 Å². The molecular formula is C16H24N7S+. The van der Waals surface area contributed by atoms with Gasteiger partial charge in [0.2, 0.25) is 6.33 Å². The van der Waals surface area contributed by atoms with Crippen LogP contribution in [0.1, 0.15) is 6.92 Å². The second-order valence-corrected chi connectivity index (χ2v) is 6.60. The fourth-order valence-electron chi connectivity index (χ4n) is 2.54. The summed E-state index contributed by atoms with van der Waals surface area (Å²) >= 11 is 1.63. The zero-order chi connectivity index (χ0) is 16.8. The molecule has 1 aliphatic heterocycles. The number of likely N-dealkylation sites (N-methyl/N-ethyl adjacent to an activating group) is 1. The van der Waals surface area contributed by atoms with Crippen LogP contribution in [0.4, 0.5) is 11.4 Å². The minimum atomic E-state index is 0.743. The molecule has 1 fully saturated rings. The molecular weight excluding hydrogens is 322 g/mol. The molecule has 1 N–H and O–H groups in total. The summed E-state index contributed by atoms with van der Waals surface area (Å²) in [6, 6.07) is 8.27. The van der Waals surface area contributed by atoms with Crippen LogP contribution in [0.3, 0.4) is 0 Å². The summed E-state index contributed by atoms with van der Waals surface area (Å²) in [6.45, 7) is 5.84. The second kappa shape index (κ2) is 8.16. The molecule has 2 heterocycles. The molecule has 0 aliphatic carbocycles. The molecule has 128 valence electrons. The van der Waals surface area contributed by atoms with Crippen molar-refractivity contribution in [3.8, 4) is 0 Å². The standard InChI is InChI=1S/C16H24N7S/c1-3-22(11-10-21-9-8-20(2)14-21)16-6-4-15(5-7-16)18-19-23-12-17-13-24-23/h4-9,14,17H,3,10-13H2,1-2H3/q+1. The molecule has 3 rings (SSSR count). The Morgan fingerprint density at radius 3 is 2.79 bits per heavy atom. The lowest BCUT2D eigenvalue weighted by Crippen LogP contribution is -2.28. The summed E-state index contributed by atoms with van der Waals surface area (Å²) in [6.07, 6.45) is 6.26. The number of benzene rings is 1. The van der Waals surface area contributed by atoms with E-state index in [0.717, 1.165) is 37.9 Å². The van der Waals surface area contributed by atoms with E-state index in [1.807, 2.05) is 23.6 Å². The van der Waals surface area contributed by atoms with Gasteiger partial charge < -0.3 is 4.90 Å². The van der Waals surface area contributed by atoms with Crippen molar-refractivity contribution >= 4 is 23.3 Å². The summed E-state index contributed by atoms with van der Waals surface area (Å²) in [7, 11) is 2.04. The predicted molar refractivity (Wildman–Crippen MR) is 96.8 cm³/mol. The first-order chi connectivity index (χ1) is 11.7. The first-order valence-electron chi connectivity index (χ1n) is 8.13. The summed E-state index contributed by atoms with van der Waals surface area (Å²) in [5.74, 6) is 0.892. The van der Waals surface area contributed by atoms with E-state index in [9.17, 15) is 0 Å². The van der Waals surface area contributed by atoms with Gasteiger partial charge in [-0.05, 0) is 43.1 Å². The van der Waals surface area contributed by atoms with Gasteiger partial charge in [-0.3, -0.25) is 5.32 Å². The highest BCUT2D eigenvalue weighted by molar-refractivity contribution is 7.97. The molecule has 1 aliphatic rings. The molecule has 1 saturated heterocycles. The number of aryl methyl sites for hydroxylation is 1. The predicted octanol–water partition coefficient (Wildman–Crippen LogP) is 2.31. The first-order valence-corrected chi connectivity index (χ1v) is 9.07. The van der Waals surface area contributed by atoms with Crippen molar-refractivity contribution in [2.24, 2.45) is 17.4 Å². The summed E-state index contributed by atoms with van der Waals surface area (Å²) < 4.78 is 6.11. The van der Waals surface area contributed by atoms with E-state index in [-0.39, 0.29) is 0 Å². The van der Waals surface area contributed by atoms with Crippen LogP contribution in [0.2, 0.25) is 0 Å². The van der Waals surface area contributed by atoms with Crippen LogP contribution in [0.15, 0.2) is 53.3 Å². The van der Waals surface area contributed by atoms with Crippen LogP contribution in [0, 0.1) is 0 Å². The van der Waals surface area contributed by atoms with Gasteiger partial charge in [-0.15, -0.1) is 5.11 Å². The minimum Gasteiger partial charge on any atom is -0.368 e. The Bertz CT molecular complexity index is 661. The molecule has 0 radical (unpaired) electrons. The van der Waals surface area contributed by atoms with E-state index in [2.05, 4.69) is 67.5 Å². The molecule has 0 amide bonds. The Morgan fingerprint density at radius 2 is 2.17 bits per heavy atom. The average molecular weight is 346 g/mol. The average Bonchev–Trinajstić information content (AvgIpc) is 3.26. The molecule has 0 spiro atoms. The Morgan fingerprint density at radius 1 is 1.33 bits per heavy atom.